The molecule has 0 unspecified atom stereocenters. The predicted molar refractivity (Wildman–Crippen MR) is 110 cm³/mol. The molecule has 0 radical (unpaired) electrons. The zero-order chi connectivity index (χ0) is 20.5. The quantitative estimate of drug-likeness (QED) is 0.802. The Kier molecular flexibility index (Phi) is 6.65. The minimum Gasteiger partial charge on any atom is -0.322 e. The standard InChI is InChI=1S/C21H34N6/c1-10(2)18-14(7)24-20(12(5)22)26-16(18)9-17-19(11(3)4)15(8)25-21(27-17)13(6)23/h10-13H,9,22-23H2,1-8H3/t12-,13+. The fourth-order valence-electron chi connectivity index (χ4n) is 3.67. The van der Waals surface area contributed by atoms with Gasteiger partial charge in [0.25, 0.3) is 0 Å². The van der Waals surface area contributed by atoms with E-state index >= 15 is 0 Å². The average Bonchev–Trinajstić information content (AvgIpc) is 2.52. The highest BCUT2D eigenvalue weighted by Crippen LogP contribution is 2.28. The molecule has 2 atom stereocenters. The van der Waals surface area contributed by atoms with Crippen molar-refractivity contribution in [1.82, 2.24) is 19.9 Å². The van der Waals surface area contributed by atoms with Crippen LogP contribution in [0.15, 0.2) is 0 Å². The molecule has 0 aliphatic carbocycles. The summed E-state index contributed by atoms with van der Waals surface area (Å²) in [5.41, 5.74) is 18.5. The second-order valence-electron chi connectivity index (χ2n) is 8.12. The van der Waals surface area contributed by atoms with Crippen molar-refractivity contribution in [2.45, 2.75) is 85.7 Å². The van der Waals surface area contributed by atoms with E-state index in [-0.39, 0.29) is 12.1 Å². The zero-order valence-electron chi connectivity index (χ0n) is 18.0. The van der Waals surface area contributed by atoms with Crippen LogP contribution in [0.25, 0.3) is 0 Å². The van der Waals surface area contributed by atoms with Gasteiger partial charge < -0.3 is 11.5 Å². The number of hydrogen-bond donors (Lipinski definition) is 2. The maximum absolute atomic E-state index is 6.07. The summed E-state index contributed by atoms with van der Waals surface area (Å²) < 4.78 is 0. The number of hydrogen-bond acceptors (Lipinski definition) is 6. The van der Waals surface area contributed by atoms with E-state index in [0.29, 0.717) is 29.9 Å². The summed E-state index contributed by atoms with van der Waals surface area (Å²) in [6.45, 7) is 16.6. The monoisotopic (exact) mass is 370 g/mol. The highest BCUT2D eigenvalue weighted by Gasteiger charge is 2.21. The summed E-state index contributed by atoms with van der Waals surface area (Å²) in [6, 6.07) is -0.417. The molecule has 0 fully saturated rings. The van der Waals surface area contributed by atoms with Crippen molar-refractivity contribution in [2.24, 2.45) is 11.5 Å². The van der Waals surface area contributed by atoms with Crippen LogP contribution in [0.1, 0.15) is 111 Å². The lowest BCUT2D eigenvalue weighted by Gasteiger charge is -2.20. The molecule has 0 amide bonds. The molecule has 2 aromatic rings. The Bertz CT molecular complexity index is 741. The minimum absolute atomic E-state index is 0.208. The molecule has 0 bridgehead atoms. The third-order valence-electron chi connectivity index (χ3n) is 4.77. The van der Waals surface area contributed by atoms with Crippen molar-refractivity contribution in [1.29, 1.82) is 0 Å². The predicted octanol–water partition coefficient (Wildman–Crippen LogP) is 3.76. The van der Waals surface area contributed by atoms with E-state index in [0.717, 1.165) is 22.8 Å². The van der Waals surface area contributed by atoms with E-state index in [1.165, 1.54) is 11.1 Å². The van der Waals surface area contributed by atoms with Crippen molar-refractivity contribution < 1.29 is 0 Å². The van der Waals surface area contributed by atoms with Gasteiger partial charge in [-0.25, -0.2) is 19.9 Å². The molecule has 2 heterocycles. The van der Waals surface area contributed by atoms with Gasteiger partial charge in [-0.15, -0.1) is 0 Å². The molecule has 0 aliphatic heterocycles. The molecule has 6 nitrogen and oxygen atoms in total. The van der Waals surface area contributed by atoms with Gasteiger partial charge in [0.2, 0.25) is 0 Å². The van der Waals surface area contributed by atoms with Crippen molar-refractivity contribution in [3.8, 4) is 0 Å². The van der Waals surface area contributed by atoms with Gasteiger partial charge in [0.1, 0.15) is 11.6 Å². The van der Waals surface area contributed by atoms with Crippen LogP contribution in [0.4, 0.5) is 0 Å². The van der Waals surface area contributed by atoms with Gasteiger partial charge in [0.15, 0.2) is 0 Å². The van der Waals surface area contributed by atoms with Crippen LogP contribution in [-0.2, 0) is 6.42 Å². The van der Waals surface area contributed by atoms with Crippen LogP contribution in [0.2, 0.25) is 0 Å². The van der Waals surface area contributed by atoms with Crippen LogP contribution in [-0.4, -0.2) is 19.9 Å². The number of aromatic nitrogens is 4. The molecule has 0 spiro atoms. The summed E-state index contributed by atoms with van der Waals surface area (Å²) in [5.74, 6) is 1.99. The Morgan fingerprint density at radius 1 is 0.630 bits per heavy atom. The van der Waals surface area contributed by atoms with Crippen LogP contribution in [0.3, 0.4) is 0 Å². The van der Waals surface area contributed by atoms with Crippen LogP contribution in [0, 0.1) is 13.8 Å². The van der Waals surface area contributed by atoms with Gasteiger partial charge in [0.05, 0.1) is 23.5 Å². The van der Waals surface area contributed by atoms with E-state index in [2.05, 4.69) is 37.7 Å². The van der Waals surface area contributed by atoms with Gasteiger partial charge in [-0.2, -0.15) is 0 Å². The number of aryl methyl sites for hydroxylation is 2. The molecule has 6 heteroatoms. The minimum atomic E-state index is -0.208. The second-order valence-corrected chi connectivity index (χ2v) is 8.12. The highest BCUT2D eigenvalue weighted by molar-refractivity contribution is 5.36. The Morgan fingerprint density at radius 2 is 0.963 bits per heavy atom. The van der Waals surface area contributed by atoms with Gasteiger partial charge in [-0.3, -0.25) is 0 Å². The second kappa shape index (κ2) is 8.40. The van der Waals surface area contributed by atoms with E-state index in [9.17, 15) is 0 Å². The summed E-state index contributed by atoms with van der Waals surface area (Å²) in [6.07, 6.45) is 0.632. The molecule has 0 aliphatic rings. The van der Waals surface area contributed by atoms with E-state index in [1.54, 1.807) is 0 Å². The van der Waals surface area contributed by atoms with Crippen LogP contribution < -0.4 is 11.5 Å². The fourth-order valence-corrected chi connectivity index (χ4v) is 3.67. The highest BCUT2D eigenvalue weighted by atomic mass is 15.0. The number of rotatable bonds is 6. The maximum Gasteiger partial charge on any atom is 0.145 e. The number of nitrogens with zero attached hydrogens (tertiary/aromatic N) is 4. The van der Waals surface area contributed by atoms with Crippen LogP contribution >= 0.6 is 0 Å². The van der Waals surface area contributed by atoms with Gasteiger partial charge in [0, 0.05) is 17.8 Å². The molecular weight excluding hydrogens is 336 g/mol. The first kappa shape index (κ1) is 21.4. The maximum atomic E-state index is 6.07. The Morgan fingerprint density at radius 3 is 1.22 bits per heavy atom. The SMILES string of the molecule is Cc1nc([C@H](C)N)nc(Cc2nc([C@@H](C)N)nc(C)c2C(C)C)c1C(C)C. The van der Waals surface area contributed by atoms with Gasteiger partial charge in [-0.05, 0) is 50.7 Å². The lowest BCUT2D eigenvalue weighted by Crippen LogP contribution is -2.18. The van der Waals surface area contributed by atoms with E-state index in [1.807, 2.05) is 27.7 Å². The molecular formula is C21H34N6. The average molecular weight is 371 g/mol. The van der Waals surface area contributed by atoms with E-state index < -0.39 is 0 Å². The van der Waals surface area contributed by atoms with Crippen molar-refractivity contribution in [3.63, 3.8) is 0 Å². The van der Waals surface area contributed by atoms with Crippen LogP contribution in [0.5, 0.6) is 0 Å². The normalized spacial score (nSPS) is 14.1. The zero-order valence-corrected chi connectivity index (χ0v) is 18.0. The Labute approximate surface area is 163 Å². The van der Waals surface area contributed by atoms with E-state index in [4.69, 9.17) is 21.4 Å². The lowest BCUT2D eigenvalue weighted by molar-refractivity contribution is 0.681. The van der Waals surface area contributed by atoms with Gasteiger partial charge in [-0.1, -0.05) is 27.7 Å². The largest absolute Gasteiger partial charge is 0.322 e. The third kappa shape index (κ3) is 4.68. The first-order valence-corrected chi connectivity index (χ1v) is 9.78. The molecule has 0 aromatic carbocycles. The molecule has 2 aromatic heterocycles. The first-order chi connectivity index (χ1) is 12.5. The van der Waals surface area contributed by atoms with Crippen molar-refractivity contribution >= 4 is 0 Å². The fraction of sp³-hybridized carbons (Fsp3) is 0.619. The lowest BCUT2D eigenvalue weighted by atomic mass is 9.92. The summed E-state index contributed by atoms with van der Waals surface area (Å²) >= 11 is 0. The third-order valence-corrected chi connectivity index (χ3v) is 4.77. The first-order valence-electron chi connectivity index (χ1n) is 9.78. The number of nitrogens with two attached hydrogens (primary N) is 2. The van der Waals surface area contributed by atoms with Crippen molar-refractivity contribution in [2.75, 3.05) is 0 Å². The summed E-state index contributed by atoms with van der Waals surface area (Å²) in [4.78, 5) is 18.9. The molecule has 27 heavy (non-hydrogen) atoms. The molecule has 0 saturated carbocycles. The molecule has 148 valence electrons. The van der Waals surface area contributed by atoms with Gasteiger partial charge >= 0.3 is 0 Å². The Balaban J connectivity index is 2.68. The molecule has 0 saturated heterocycles. The summed E-state index contributed by atoms with van der Waals surface area (Å²) in [5, 5.41) is 0. The smallest absolute Gasteiger partial charge is 0.145 e. The topological polar surface area (TPSA) is 104 Å². The Hall–Kier alpha value is -1.92. The molecule has 4 N–H and O–H groups in total. The van der Waals surface area contributed by atoms with Crippen molar-refractivity contribution in [3.05, 3.63) is 45.6 Å². The molecule has 2 rings (SSSR count). The summed E-state index contributed by atoms with van der Waals surface area (Å²) in [7, 11) is 0.